The molecule has 6 atom stereocenters. The van der Waals surface area contributed by atoms with Gasteiger partial charge in [0.25, 0.3) is 0 Å². The fourth-order valence-corrected chi connectivity index (χ4v) is 6.56. The zero-order valence-corrected chi connectivity index (χ0v) is 22.2. The molecular formula is C27H41N3O5. The van der Waals surface area contributed by atoms with Crippen molar-refractivity contribution in [3.05, 3.63) is 24.3 Å². The van der Waals surface area contributed by atoms with Crippen LogP contribution in [0.4, 0.5) is 0 Å². The molecule has 0 aromatic rings. The third-order valence-electron chi connectivity index (χ3n) is 8.20. The van der Waals surface area contributed by atoms with Crippen molar-refractivity contribution < 1.29 is 24.2 Å². The van der Waals surface area contributed by atoms with E-state index in [-0.39, 0.29) is 30.2 Å². The molecule has 0 saturated carbocycles. The second kappa shape index (κ2) is 8.73. The van der Waals surface area contributed by atoms with E-state index in [1.165, 1.54) is 0 Å². The normalized spacial score (nSPS) is 35.9. The Kier molecular flexibility index (Phi) is 6.46. The van der Waals surface area contributed by atoms with Gasteiger partial charge in [0.1, 0.15) is 11.6 Å². The van der Waals surface area contributed by atoms with Crippen molar-refractivity contribution in [1.82, 2.24) is 14.7 Å². The minimum absolute atomic E-state index is 0.0874. The molecule has 0 bridgehead atoms. The molecule has 1 N–H and O–H groups in total. The Labute approximate surface area is 208 Å². The topological polar surface area (TPSA) is 90.4 Å². The Morgan fingerprint density at radius 1 is 1.06 bits per heavy atom. The lowest BCUT2D eigenvalue weighted by Crippen LogP contribution is -2.61. The van der Waals surface area contributed by atoms with Gasteiger partial charge in [0, 0.05) is 25.2 Å². The number of hydrogen-bond acceptors (Lipinski definition) is 5. The molecule has 4 aliphatic rings. The van der Waals surface area contributed by atoms with Gasteiger partial charge in [-0.05, 0) is 40.0 Å². The number of carbonyl (C=O) groups excluding carboxylic acids is 3. The van der Waals surface area contributed by atoms with E-state index in [2.05, 4.69) is 0 Å². The summed E-state index contributed by atoms with van der Waals surface area (Å²) in [6.45, 7) is 14.8. The number of nitrogens with zero attached hydrogens (tertiary/aromatic N) is 3. The van der Waals surface area contributed by atoms with Crippen molar-refractivity contribution >= 4 is 17.7 Å². The molecule has 4 heterocycles. The maximum atomic E-state index is 14.3. The van der Waals surface area contributed by atoms with Gasteiger partial charge in [-0.2, -0.15) is 0 Å². The average molecular weight is 488 g/mol. The summed E-state index contributed by atoms with van der Waals surface area (Å²) in [6.07, 6.45) is 8.42. The molecule has 4 aliphatic heterocycles. The fourth-order valence-electron chi connectivity index (χ4n) is 6.56. The van der Waals surface area contributed by atoms with Gasteiger partial charge < -0.3 is 24.5 Å². The standard InChI is InChI=1S/C27H41N3O5/c1-8-13-28-14-9-11-26(7)19(22(28)32)20-23(33)30(18(16-31)17(2)3)21-24(34)29(25(4,5)6)15-10-12-27(20,21)35-26/h9-12,17-21,31H,8,13-16H2,1-7H3/t18-,19+,20-,21?,26-,27-/m0/s1. The molecule has 8 heteroatoms. The Hall–Kier alpha value is -2.19. The van der Waals surface area contributed by atoms with E-state index >= 15 is 0 Å². The minimum Gasteiger partial charge on any atom is -0.394 e. The van der Waals surface area contributed by atoms with Gasteiger partial charge in [0.2, 0.25) is 17.7 Å². The lowest BCUT2D eigenvalue weighted by molar-refractivity contribution is -0.159. The molecule has 0 aromatic heterocycles. The first kappa shape index (κ1) is 25.9. The first-order valence-corrected chi connectivity index (χ1v) is 12.9. The van der Waals surface area contributed by atoms with Crippen molar-refractivity contribution in [1.29, 1.82) is 0 Å². The Morgan fingerprint density at radius 3 is 2.29 bits per heavy atom. The van der Waals surface area contributed by atoms with Gasteiger partial charge in [-0.3, -0.25) is 14.4 Å². The monoisotopic (exact) mass is 487 g/mol. The molecule has 35 heavy (non-hydrogen) atoms. The zero-order chi connectivity index (χ0) is 25.9. The van der Waals surface area contributed by atoms with Gasteiger partial charge in [0.15, 0.2) is 0 Å². The molecule has 0 radical (unpaired) electrons. The molecular weight excluding hydrogens is 446 g/mol. The second-order valence-electron chi connectivity index (χ2n) is 11.9. The number of aliphatic hydroxyl groups excluding tert-OH is 1. The third-order valence-corrected chi connectivity index (χ3v) is 8.20. The van der Waals surface area contributed by atoms with E-state index in [0.717, 1.165) is 6.42 Å². The fraction of sp³-hybridized carbons (Fsp3) is 0.741. The number of carbonyl (C=O) groups is 3. The maximum absolute atomic E-state index is 14.3. The average Bonchev–Trinajstić information content (AvgIpc) is 3.02. The van der Waals surface area contributed by atoms with Crippen LogP contribution in [0.5, 0.6) is 0 Å². The summed E-state index contributed by atoms with van der Waals surface area (Å²) in [6, 6.07) is -1.52. The highest BCUT2D eigenvalue weighted by Gasteiger charge is 2.75. The molecule has 194 valence electrons. The van der Waals surface area contributed by atoms with Crippen molar-refractivity contribution in [2.75, 3.05) is 26.2 Å². The molecule has 0 aromatic carbocycles. The van der Waals surface area contributed by atoms with Crippen molar-refractivity contribution in [2.24, 2.45) is 17.8 Å². The Bertz CT molecular complexity index is 953. The van der Waals surface area contributed by atoms with Crippen molar-refractivity contribution in [3.63, 3.8) is 0 Å². The van der Waals surface area contributed by atoms with Crippen molar-refractivity contribution in [3.8, 4) is 0 Å². The van der Waals surface area contributed by atoms with Crippen LogP contribution < -0.4 is 0 Å². The highest BCUT2D eigenvalue weighted by atomic mass is 16.5. The highest BCUT2D eigenvalue weighted by molar-refractivity contribution is 6.00. The largest absolute Gasteiger partial charge is 0.394 e. The maximum Gasteiger partial charge on any atom is 0.249 e. The summed E-state index contributed by atoms with van der Waals surface area (Å²) in [5.41, 5.74) is -2.78. The molecule has 8 nitrogen and oxygen atoms in total. The van der Waals surface area contributed by atoms with Gasteiger partial charge in [-0.25, -0.2) is 0 Å². The Balaban J connectivity index is 1.92. The summed E-state index contributed by atoms with van der Waals surface area (Å²) in [5, 5.41) is 10.3. The highest BCUT2D eigenvalue weighted by Crippen LogP contribution is 2.58. The van der Waals surface area contributed by atoms with Gasteiger partial charge in [-0.1, -0.05) is 45.1 Å². The van der Waals surface area contributed by atoms with E-state index < -0.39 is 40.7 Å². The number of fused-ring (bicyclic) bond motifs is 2. The summed E-state index contributed by atoms with van der Waals surface area (Å²) in [7, 11) is 0. The predicted octanol–water partition coefficient (Wildman–Crippen LogP) is 1.98. The van der Waals surface area contributed by atoms with Crippen molar-refractivity contribution in [2.45, 2.75) is 83.7 Å². The molecule has 2 fully saturated rings. The first-order chi connectivity index (χ1) is 16.3. The molecule has 1 unspecified atom stereocenters. The smallest absolute Gasteiger partial charge is 0.249 e. The summed E-state index contributed by atoms with van der Waals surface area (Å²) >= 11 is 0. The lowest BCUT2D eigenvalue weighted by Gasteiger charge is -2.43. The summed E-state index contributed by atoms with van der Waals surface area (Å²) in [4.78, 5) is 47.6. The number of rotatable bonds is 5. The predicted molar refractivity (Wildman–Crippen MR) is 132 cm³/mol. The molecule has 4 rings (SSSR count). The van der Waals surface area contributed by atoms with E-state index in [1.807, 2.05) is 72.8 Å². The molecule has 3 amide bonds. The molecule has 1 spiro atoms. The number of hydrogen-bond donors (Lipinski definition) is 1. The number of aliphatic hydroxyl groups is 1. The molecule has 2 saturated heterocycles. The van der Waals surface area contributed by atoms with Crippen LogP contribution in [0.15, 0.2) is 24.3 Å². The van der Waals surface area contributed by atoms with Crippen LogP contribution in [0, 0.1) is 17.8 Å². The second-order valence-corrected chi connectivity index (χ2v) is 11.9. The summed E-state index contributed by atoms with van der Waals surface area (Å²) < 4.78 is 6.82. The molecule has 0 aliphatic carbocycles. The quantitative estimate of drug-likeness (QED) is 0.599. The SMILES string of the molecule is CCCN1CC=C[C@]2(C)O[C@]34C=CCN(C(C)(C)C)C(=O)C3N([C@@H](CO)C(C)C)C(=O)[C@@H]4[C@@H]2C1=O. The van der Waals surface area contributed by atoms with Crippen LogP contribution in [0.1, 0.15) is 54.9 Å². The van der Waals surface area contributed by atoms with E-state index in [1.54, 1.807) is 14.7 Å². The van der Waals surface area contributed by atoms with Crippen LogP contribution in [0.2, 0.25) is 0 Å². The van der Waals surface area contributed by atoms with E-state index in [0.29, 0.717) is 19.6 Å². The third kappa shape index (κ3) is 3.75. The first-order valence-electron chi connectivity index (χ1n) is 12.9. The van der Waals surface area contributed by atoms with Gasteiger partial charge >= 0.3 is 0 Å². The van der Waals surface area contributed by atoms with E-state index in [9.17, 15) is 19.5 Å². The number of likely N-dealkylation sites (tertiary alicyclic amines) is 1. The van der Waals surface area contributed by atoms with Gasteiger partial charge in [0.05, 0.1) is 30.1 Å². The minimum atomic E-state index is -1.29. The Morgan fingerprint density at radius 2 is 1.71 bits per heavy atom. The van der Waals surface area contributed by atoms with Gasteiger partial charge in [-0.15, -0.1) is 0 Å². The number of amides is 3. The van der Waals surface area contributed by atoms with Crippen LogP contribution in [0.3, 0.4) is 0 Å². The lowest BCUT2D eigenvalue weighted by atomic mass is 9.74. The van der Waals surface area contributed by atoms with Crippen LogP contribution in [-0.2, 0) is 19.1 Å². The zero-order valence-electron chi connectivity index (χ0n) is 22.2. The number of ether oxygens (including phenoxy) is 1. The van der Waals surface area contributed by atoms with Crippen LogP contribution in [0.25, 0.3) is 0 Å². The van der Waals surface area contributed by atoms with E-state index in [4.69, 9.17) is 4.74 Å². The van der Waals surface area contributed by atoms with Crippen LogP contribution in [-0.4, -0.2) is 92.6 Å². The summed E-state index contributed by atoms with van der Waals surface area (Å²) in [5.74, 6) is -2.30. The van der Waals surface area contributed by atoms with Crippen LogP contribution >= 0.6 is 0 Å².